The van der Waals surface area contributed by atoms with E-state index < -0.39 is 15.6 Å². The number of amides is 1. The van der Waals surface area contributed by atoms with Crippen molar-refractivity contribution in [2.75, 3.05) is 17.8 Å². The van der Waals surface area contributed by atoms with E-state index in [-0.39, 0.29) is 0 Å². The van der Waals surface area contributed by atoms with Gasteiger partial charge < -0.3 is 5.32 Å². The van der Waals surface area contributed by atoms with Gasteiger partial charge in [-0.05, 0) is 36.8 Å². The minimum absolute atomic E-state index is 0.415. The molecule has 1 amide bonds. The van der Waals surface area contributed by atoms with E-state index >= 15 is 0 Å². The largest absolute Gasteiger partial charge is 0.379 e. The molecule has 0 aliphatic heterocycles. The Morgan fingerprint density at radius 3 is 2.68 bits per heavy atom. The van der Waals surface area contributed by atoms with Crippen LogP contribution in [0.5, 0.6) is 0 Å². The van der Waals surface area contributed by atoms with Crippen LogP contribution >= 0.6 is 0 Å². The number of carbonyl (C=O) groups excluding carboxylic acids is 1. The molecule has 0 aliphatic carbocycles. The first-order chi connectivity index (χ1) is 10.3. The molecule has 2 rings (SSSR count). The van der Waals surface area contributed by atoms with Crippen molar-refractivity contribution in [2.24, 2.45) is 4.36 Å². The van der Waals surface area contributed by atoms with Crippen LogP contribution in [0.3, 0.4) is 0 Å². The molecular weight excluding hydrogens is 298 g/mol. The van der Waals surface area contributed by atoms with E-state index in [9.17, 15) is 9.00 Å². The summed E-state index contributed by atoms with van der Waals surface area (Å²) >= 11 is 0. The highest BCUT2D eigenvalue weighted by Gasteiger charge is 2.07. The topological polar surface area (TPSA) is 71.4 Å². The van der Waals surface area contributed by atoms with Gasteiger partial charge in [-0.2, -0.15) is 4.36 Å². The molecule has 1 N–H and O–H groups in total. The average Bonchev–Trinajstić information content (AvgIpc) is 2.45. The molecule has 6 heteroatoms. The molecule has 0 unspecified atom stereocenters. The van der Waals surface area contributed by atoms with Crippen LogP contribution in [-0.4, -0.2) is 27.6 Å². The summed E-state index contributed by atoms with van der Waals surface area (Å²) in [6.07, 6.45) is 4.70. The lowest BCUT2D eigenvalue weighted by Crippen LogP contribution is -2.04. The van der Waals surface area contributed by atoms with Gasteiger partial charge in [-0.1, -0.05) is 12.1 Å². The summed E-state index contributed by atoms with van der Waals surface area (Å²) in [5.41, 5.74) is 3.23. The number of anilines is 1. The third kappa shape index (κ3) is 4.96. The lowest BCUT2D eigenvalue weighted by molar-refractivity contribution is 0.100. The fourth-order valence-electron chi connectivity index (χ4n) is 1.81. The van der Waals surface area contributed by atoms with Crippen LogP contribution in [0.15, 0.2) is 47.0 Å². The molecule has 2 aromatic rings. The summed E-state index contributed by atoms with van der Waals surface area (Å²) in [6, 6.07) is 10.9. The molecule has 22 heavy (non-hydrogen) atoms. The van der Waals surface area contributed by atoms with Crippen LogP contribution in [0.1, 0.15) is 21.6 Å². The molecule has 0 fully saturated rings. The molecule has 5 nitrogen and oxygen atoms in total. The van der Waals surface area contributed by atoms with Gasteiger partial charge in [0.25, 0.3) is 5.91 Å². The molecule has 0 atom stereocenters. The first-order valence-electron chi connectivity index (χ1n) is 6.80. The summed E-state index contributed by atoms with van der Waals surface area (Å²) in [7, 11) is -2.45. The lowest BCUT2D eigenvalue weighted by Gasteiger charge is -2.07. The second kappa shape index (κ2) is 6.70. The summed E-state index contributed by atoms with van der Waals surface area (Å²) in [5.74, 6) is -0.466. The third-order valence-corrected chi connectivity index (χ3v) is 3.46. The van der Waals surface area contributed by atoms with Crippen molar-refractivity contribution in [3.05, 3.63) is 59.4 Å². The Balaban J connectivity index is 2.10. The van der Waals surface area contributed by atoms with E-state index in [1.165, 1.54) is 12.5 Å². The van der Waals surface area contributed by atoms with E-state index in [0.717, 1.165) is 16.9 Å². The molecule has 1 heterocycles. The van der Waals surface area contributed by atoms with Gasteiger partial charge in [-0.15, -0.1) is 0 Å². The van der Waals surface area contributed by atoms with Crippen molar-refractivity contribution in [2.45, 2.75) is 13.5 Å². The fraction of sp³-hybridized carbons (Fsp3) is 0.250. The number of aromatic nitrogens is 1. The number of hydrogen-bond donors (Lipinski definition) is 1. The molecule has 0 bridgehead atoms. The Bertz CT molecular complexity index is 783. The third-order valence-electron chi connectivity index (χ3n) is 2.86. The van der Waals surface area contributed by atoms with Crippen molar-refractivity contribution in [3.63, 3.8) is 0 Å². The maximum absolute atomic E-state index is 11.9. The smallest absolute Gasteiger partial charge is 0.285 e. The SMILES string of the molecule is Cc1ccc(CNc2cccc(C(=O)N=S(C)(C)=O)c2)nc1. The Hall–Kier alpha value is -2.21. The van der Waals surface area contributed by atoms with Crippen molar-refractivity contribution in [3.8, 4) is 0 Å². The molecule has 0 spiro atoms. The second-order valence-electron chi connectivity index (χ2n) is 5.34. The van der Waals surface area contributed by atoms with Gasteiger partial charge in [0, 0.05) is 39.7 Å². The number of nitrogens with zero attached hydrogens (tertiary/aromatic N) is 2. The number of benzene rings is 1. The van der Waals surface area contributed by atoms with Crippen LogP contribution in [0.25, 0.3) is 0 Å². The van der Waals surface area contributed by atoms with Crippen molar-refractivity contribution in [1.29, 1.82) is 0 Å². The molecule has 0 saturated heterocycles. The second-order valence-corrected chi connectivity index (χ2v) is 7.88. The van der Waals surface area contributed by atoms with E-state index in [0.29, 0.717) is 12.1 Å². The minimum atomic E-state index is -2.45. The first-order valence-corrected chi connectivity index (χ1v) is 9.13. The van der Waals surface area contributed by atoms with Gasteiger partial charge in [0.15, 0.2) is 0 Å². The number of rotatable bonds is 4. The maximum Gasteiger partial charge on any atom is 0.285 e. The normalized spacial score (nSPS) is 11.0. The van der Waals surface area contributed by atoms with Gasteiger partial charge in [0.1, 0.15) is 0 Å². The minimum Gasteiger partial charge on any atom is -0.379 e. The predicted molar refractivity (Wildman–Crippen MR) is 89.5 cm³/mol. The van der Waals surface area contributed by atoms with E-state index in [1.54, 1.807) is 18.2 Å². The van der Waals surface area contributed by atoms with Crippen LogP contribution in [0.2, 0.25) is 0 Å². The zero-order valence-corrected chi connectivity index (χ0v) is 13.7. The fourth-order valence-corrected chi connectivity index (χ4v) is 2.31. The zero-order chi connectivity index (χ0) is 16.2. The number of aryl methyl sites for hydroxylation is 1. The Labute approximate surface area is 131 Å². The Kier molecular flexibility index (Phi) is 4.92. The van der Waals surface area contributed by atoms with E-state index in [2.05, 4.69) is 14.7 Å². The monoisotopic (exact) mass is 317 g/mol. The number of nitrogens with one attached hydrogen (secondary N) is 1. The number of carbonyl (C=O) groups is 1. The molecule has 1 aromatic heterocycles. The zero-order valence-electron chi connectivity index (χ0n) is 12.9. The summed E-state index contributed by atoms with van der Waals surface area (Å²) in [4.78, 5) is 16.3. The van der Waals surface area contributed by atoms with Gasteiger partial charge in [-0.3, -0.25) is 9.78 Å². The van der Waals surface area contributed by atoms with Crippen LogP contribution in [0.4, 0.5) is 5.69 Å². The van der Waals surface area contributed by atoms with Gasteiger partial charge >= 0.3 is 0 Å². The standard InChI is InChI=1S/C16H19N3O2S/c1-12-7-8-15(17-10-12)11-18-14-6-4-5-13(9-14)16(20)19-22(2,3)21/h4-10,18H,11H2,1-3H3. The van der Waals surface area contributed by atoms with E-state index in [4.69, 9.17) is 0 Å². The number of hydrogen-bond acceptors (Lipinski definition) is 4. The molecular formula is C16H19N3O2S. The quantitative estimate of drug-likeness (QED) is 0.941. The molecule has 0 radical (unpaired) electrons. The number of pyridine rings is 1. The first kappa shape index (κ1) is 16.2. The average molecular weight is 317 g/mol. The van der Waals surface area contributed by atoms with E-state index in [1.807, 2.05) is 31.3 Å². The molecule has 0 saturated carbocycles. The van der Waals surface area contributed by atoms with Crippen molar-refractivity contribution in [1.82, 2.24) is 4.98 Å². The maximum atomic E-state index is 11.9. The van der Waals surface area contributed by atoms with Crippen LogP contribution in [-0.2, 0) is 16.3 Å². The summed E-state index contributed by atoms with van der Waals surface area (Å²) in [5, 5.41) is 3.21. The van der Waals surface area contributed by atoms with Crippen molar-refractivity contribution >= 4 is 21.3 Å². The Morgan fingerprint density at radius 1 is 1.27 bits per heavy atom. The van der Waals surface area contributed by atoms with Crippen molar-refractivity contribution < 1.29 is 9.00 Å². The summed E-state index contributed by atoms with van der Waals surface area (Å²) in [6.45, 7) is 2.55. The van der Waals surface area contributed by atoms with Crippen LogP contribution in [0, 0.1) is 6.92 Å². The highest BCUT2D eigenvalue weighted by molar-refractivity contribution is 7.92. The molecule has 116 valence electrons. The molecule has 1 aromatic carbocycles. The van der Waals surface area contributed by atoms with Crippen LogP contribution < -0.4 is 5.32 Å². The molecule has 0 aliphatic rings. The Morgan fingerprint density at radius 2 is 2.05 bits per heavy atom. The highest BCUT2D eigenvalue weighted by Crippen LogP contribution is 2.13. The highest BCUT2D eigenvalue weighted by atomic mass is 32.2. The van der Waals surface area contributed by atoms with Gasteiger partial charge in [0.05, 0.1) is 12.2 Å². The predicted octanol–water partition coefficient (Wildman–Crippen LogP) is 2.87. The lowest BCUT2D eigenvalue weighted by atomic mass is 10.2. The summed E-state index contributed by atoms with van der Waals surface area (Å²) < 4.78 is 15.3. The van der Waals surface area contributed by atoms with Gasteiger partial charge in [0.2, 0.25) is 0 Å². The van der Waals surface area contributed by atoms with Gasteiger partial charge in [-0.25, -0.2) is 4.21 Å².